The highest BCUT2D eigenvalue weighted by atomic mass is 32.1. The summed E-state index contributed by atoms with van der Waals surface area (Å²) >= 11 is 0.847. The first-order chi connectivity index (χ1) is 9.35. The number of aromatic nitrogens is 3. The first-order valence-electron chi connectivity index (χ1n) is 6.06. The van der Waals surface area contributed by atoms with Crippen LogP contribution in [0.4, 0.5) is 5.95 Å². The third kappa shape index (κ3) is 2.23. The number of nitrogen functional groups attached to an aromatic ring is 1. The minimum atomic E-state index is -0.663. The summed E-state index contributed by atoms with van der Waals surface area (Å²) in [6.07, 6.45) is -0.261. The number of rotatable bonds is 2. The molecule has 1 aliphatic heterocycles. The van der Waals surface area contributed by atoms with Gasteiger partial charge in [0.25, 0.3) is 5.56 Å². The zero-order valence-electron chi connectivity index (χ0n) is 11.0. The van der Waals surface area contributed by atoms with Gasteiger partial charge in [-0.25, -0.2) is 0 Å². The Kier molecular flexibility index (Phi) is 2.92. The van der Waals surface area contributed by atoms with Crippen LogP contribution in [0.1, 0.15) is 13.8 Å². The summed E-state index contributed by atoms with van der Waals surface area (Å²) in [6.45, 7) is 4.28. The maximum absolute atomic E-state index is 12.0. The highest BCUT2D eigenvalue weighted by Gasteiger charge is 2.33. The number of hydrogen-bond acceptors (Lipinski definition) is 7. The first kappa shape index (κ1) is 13.3. The van der Waals surface area contributed by atoms with E-state index >= 15 is 0 Å². The standard InChI is InChI=1S/C11H14N4O4S/c1-11(2)18-4-5(19-11)3-15-7-6(20-10(15)17)8(16)14-9(12)13-7/h5H,3-4H2,1-2H3,(H3,12,13,14,16). The fourth-order valence-corrected chi connectivity index (χ4v) is 3.03. The fourth-order valence-electron chi connectivity index (χ4n) is 2.19. The van der Waals surface area contributed by atoms with Gasteiger partial charge in [0.05, 0.1) is 13.2 Å². The van der Waals surface area contributed by atoms with Crippen LogP contribution >= 0.6 is 11.3 Å². The highest BCUT2D eigenvalue weighted by Crippen LogP contribution is 2.23. The van der Waals surface area contributed by atoms with Crippen LogP contribution in [0.3, 0.4) is 0 Å². The molecule has 8 nitrogen and oxygen atoms in total. The Hall–Kier alpha value is -1.71. The smallest absolute Gasteiger partial charge is 0.309 e. The predicted molar refractivity (Wildman–Crippen MR) is 73.8 cm³/mol. The zero-order chi connectivity index (χ0) is 14.5. The van der Waals surface area contributed by atoms with Crippen molar-refractivity contribution in [2.24, 2.45) is 0 Å². The maximum atomic E-state index is 12.0. The average molecular weight is 298 g/mol. The quantitative estimate of drug-likeness (QED) is 0.799. The van der Waals surface area contributed by atoms with Crippen molar-refractivity contribution >= 4 is 27.6 Å². The Balaban J connectivity index is 2.02. The lowest BCUT2D eigenvalue weighted by molar-refractivity contribution is -0.139. The van der Waals surface area contributed by atoms with Gasteiger partial charge in [-0.1, -0.05) is 11.3 Å². The molecule has 1 unspecified atom stereocenters. The molecule has 0 aromatic carbocycles. The summed E-state index contributed by atoms with van der Waals surface area (Å²) in [7, 11) is 0. The second kappa shape index (κ2) is 4.40. The topological polar surface area (TPSA) is 112 Å². The number of nitrogens with two attached hydrogens (primary N) is 1. The number of H-pyrrole nitrogens is 1. The van der Waals surface area contributed by atoms with Crippen LogP contribution in [0.2, 0.25) is 0 Å². The summed E-state index contributed by atoms with van der Waals surface area (Å²) in [5, 5.41) is 0. The van der Waals surface area contributed by atoms with E-state index in [1.807, 2.05) is 13.8 Å². The van der Waals surface area contributed by atoms with Crippen molar-refractivity contribution < 1.29 is 9.47 Å². The minimum Gasteiger partial charge on any atom is -0.369 e. The highest BCUT2D eigenvalue weighted by molar-refractivity contribution is 7.16. The maximum Gasteiger partial charge on any atom is 0.309 e. The third-order valence-corrected chi connectivity index (χ3v) is 3.96. The van der Waals surface area contributed by atoms with Gasteiger partial charge >= 0.3 is 4.87 Å². The van der Waals surface area contributed by atoms with Gasteiger partial charge < -0.3 is 15.2 Å². The monoisotopic (exact) mass is 298 g/mol. The van der Waals surface area contributed by atoms with E-state index in [4.69, 9.17) is 15.2 Å². The summed E-state index contributed by atoms with van der Waals surface area (Å²) in [6, 6.07) is 0. The minimum absolute atomic E-state index is 0.0158. The average Bonchev–Trinajstić information content (AvgIpc) is 2.82. The number of anilines is 1. The summed E-state index contributed by atoms with van der Waals surface area (Å²) < 4.78 is 12.8. The van der Waals surface area contributed by atoms with Crippen LogP contribution in [-0.2, 0) is 16.0 Å². The molecule has 20 heavy (non-hydrogen) atoms. The van der Waals surface area contributed by atoms with Gasteiger partial charge in [0.2, 0.25) is 5.95 Å². The van der Waals surface area contributed by atoms with Crippen LogP contribution in [0, 0.1) is 0 Å². The number of ether oxygens (including phenoxy) is 2. The van der Waals surface area contributed by atoms with Crippen LogP contribution < -0.4 is 16.2 Å². The molecular formula is C11H14N4O4S. The van der Waals surface area contributed by atoms with Crippen molar-refractivity contribution in [2.75, 3.05) is 12.3 Å². The Morgan fingerprint density at radius 2 is 2.30 bits per heavy atom. The van der Waals surface area contributed by atoms with Crippen molar-refractivity contribution in [1.29, 1.82) is 0 Å². The molecule has 0 bridgehead atoms. The van der Waals surface area contributed by atoms with Gasteiger partial charge in [0.1, 0.15) is 10.8 Å². The molecule has 2 aromatic rings. The van der Waals surface area contributed by atoms with Crippen molar-refractivity contribution in [3.8, 4) is 0 Å². The van der Waals surface area contributed by atoms with E-state index in [9.17, 15) is 9.59 Å². The van der Waals surface area contributed by atoms with Gasteiger partial charge in [0, 0.05) is 0 Å². The van der Waals surface area contributed by atoms with Gasteiger partial charge in [-0.15, -0.1) is 0 Å². The van der Waals surface area contributed by atoms with E-state index in [0.717, 1.165) is 11.3 Å². The second-order valence-corrected chi connectivity index (χ2v) is 5.99. The van der Waals surface area contributed by atoms with E-state index in [-0.39, 0.29) is 33.8 Å². The molecule has 0 spiro atoms. The largest absolute Gasteiger partial charge is 0.369 e. The summed E-state index contributed by atoms with van der Waals surface area (Å²) in [5.74, 6) is -0.678. The molecule has 3 N–H and O–H groups in total. The molecule has 0 saturated carbocycles. The Labute approximate surface area is 117 Å². The van der Waals surface area contributed by atoms with Crippen LogP contribution in [0.25, 0.3) is 10.3 Å². The molecule has 9 heteroatoms. The molecule has 1 saturated heterocycles. The molecule has 1 aliphatic rings. The Morgan fingerprint density at radius 1 is 1.55 bits per heavy atom. The number of fused-ring (bicyclic) bond motifs is 1. The van der Waals surface area contributed by atoms with Gasteiger partial charge in [-0.05, 0) is 13.8 Å². The fraction of sp³-hybridized carbons (Fsp3) is 0.545. The number of nitrogens with one attached hydrogen (secondary N) is 1. The van der Waals surface area contributed by atoms with E-state index in [1.165, 1.54) is 4.57 Å². The lowest BCUT2D eigenvalue weighted by Gasteiger charge is -2.17. The SMILES string of the molecule is CC1(C)OCC(Cn2c(=O)sc3c(=O)[nH]c(N)nc32)O1. The first-order valence-corrected chi connectivity index (χ1v) is 6.88. The molecule has 3 rings (SSSR count). The zero-order valence-corrected chi connectivity index (χ0v) is 11.8. The van der Waals surface area contributed by atoms with Gasteiger partial charge in [0.15, 0.2) is 11.4 Å². The Morgan fingerprint density at radius 3 is 2.95 bits per heavy atom. The number of nitrogens with zero attached hydrogens (tertiary/aromatic N) is 2. The molecule has 0 amide bonds. The second-order valence-electron chi connectivity index (χ2n) is 5.03. The summed E-state index contributed by atoms with van der Waals surface area (Å²) in [4.78, 5) is 29.9. The van der Waals surface area contributed by atoms with E-state index in [1.54, 1.807) is 0 Å². The van der Waals surface area contributed by atoms with Crippen LogP contribution in [0.5, 0.6) is 0 Å². The molecule has 1 atom stereocenters. The van der Waals surface area contributed by atoms with Crippen LogP contribution in [-0.4, -0.2) is 33.0 Å². The van der Waals surface area contributed by atoms with E-state index in [2.05, 4.69) is 9.97 Å². The van der Waals surface area contributed by atoms with Crippen molar-refractivity contribution in [1.82, 2.24) is 14.5 Å². The Bertz CT molecular complexity index is 775. The third-order valence-electron chi connectivity index (χ3n) is 3.00. The van der Waals surface area contributed by atoms with Crippen LogP contribution in [0.15, 0.2) is 9.59 Å². The summed E-state index contributed by atoms with van der Waals surface area (Å²) in [5.41, 5.74) is 5.40. The van der Waals surface area contributed by atoms with Crippen molar-refractivity contribution in [3.63, 3.8) is 0 Å². The molecule has 0 radical (unpaired) electrons. The lowest BCUT2D eigenvalue weighted by Crippen LogP contribution is -2.27. The van der Waals surface area contributed by atoms with Crippen molar-refractivity contribution in [3.05, 3.63) is 20.0 Å². The molecular weight excluding hydrogens is 284 g/mol. The lowest BCUT2D eigenvalue weighted by atomic mass is 10.3. The molecule has 1 fully saturated rings. The van der Waals surface area contributed by atoms with E-state index in [0.29, 0.717) is 6.61 Å². The predicted octanol–water partition coefficient (Wildman–Crippen LogP) is -0.120. The molecule has 3 heterocycles. The molecule has 2 aromatic heterocycles. The number of hydrogen-bond donors (Lipinski definition) is 2. The van der Waals surface area contributed by atoms with Gasteiger partial charge in [-0.2, -0.15) is 4.98 Å². The molecule has 0 aliphatic carbocycles. The number of thiazole rings is 1. The molecule has 108 valence electrons. The van der Waals surface area contributed by atoms with Crippen molar-refractivity contribution in [2.45, 2.75) is 32.3 Å². The number of aromatic amines is 1. The van der Waals surface area contributed by atoms with Gasteiger partial charge in [-0.3, -0.25) is 19.1 Å². The normalized spacial score (nSPS) is 21.6. The van der Waals surface area contributed by atoms with E-state index < -0.39 is 11.3 Å².